The van der Waals surface area contributed by atoms with Crippen molar-refractivity contribution in [2.24, 2.45) is 5.92 Å². The van der Waals surface area contributed by atoms with Crippen LogP contribution in [0.25, 0.3) is 0 Å². The predicted octanol–water partition coefficient (Wildman–Crippen LogP) is 5.85. The van der Waals surface area contributed by atoms with Crippen LogP contribution in [0.1, 0.15) is 18.4 Å². The second kappa shape index (κ2) is 17.7. The first-order valence-electron chi connectivity index (χ1n) is 13.2. The van der Waals surface area contributed by atoms with Crippen molar-refractivity contribution < 1.29 is 24.2 Å². The van der Waals surface area contributed by atoms with Gasteiger partial charge in [-0.3, -0.25) is 14.4 Å². The Kier molecular flexibility index (Phi) is 13.7. The van der Waals surface area contributed by atoms with Gasteiger partial charge in [0, 0.05) is 35.8 Å². The van der Waals surface area contributed by atoms with Crippen molar-refractivity contribution in [2.75, 3.05) is 35.8 Å². The molecule has 0 heterocycles. The summed E-state index contributed by atoms with van der Waals surface area (Å²) in [6.07, 6.45) is 2.22. The van der Waals surface area contributed by atoms with E-state index < -0.39 is 5.92 Å². The van der Waals surface area contributed by atoms with Crippen LogP contribution in [0.5, 0.6) is 5.75 Å². The number of aliphatic hydroxyl groups is 1. The number of rotatable bonds is 16. The van der Waals surface area contributed by atoms with Gasteiger partial charge in [-0.2, -0.15) is 0 Å². The zero-order chi connectivity index (χ0) is 29.3. The molecule has 0 saturated carbocycles. The number of aliphatic hydroxyl groups excluding tert-OH is 1. The maximum absolute atomic E-state index is 13.0. The molecule has 3 aromatic carbocycles. The summed E-state index contributed by atoms with van der Waals surface area (Å²) in [6.45, 7) is 0.443. The molecular formula is C31H35N3O5S2. The lowest BCUT2D eigenvalue weighted by Crippen LogP contribution is -2.34. The van der Waals surface area contributed by atoms with Gasteiger partial charge in [0.05, 0.1) is 18.9 Å². The normalized spacial score (nSPS) is 11.1. The van der Waals surface area contributed by atoms with Crippen LogP contribution in [0, 0.1) is 5.92 Å². The molecule has 3 aromatic rings. The first-order valence-corrected chi connectivity index (χ1v) is 15.7. The molecule has 41 heavy (non-hydrogen) atoms. The van der Waals surface area contributed by atoms with Gasteiger partial charge < -0.3 is 25.8 Å². The lowest BCUT2D eigenvalue weighted by atomic mass is 10.0. The van der Waals surface area contributed by atoms with E-state index >= 15 is 0 Å². The van der Waals surface area contributed by atoms with Crippen molar-refractivity contribution >= 4 is 50.7 Å². The molecule has 10 heteroatoms. The second-order valence-electron chi connectivity index (χ2n) is 8.98. The van der Waals surface area contributed by atoms with Crippen LogP contribution in [0.2, 0.25) is 0 Å². The summed E-state index contributed by atoms with van der Waals surface area (Å²) in [5.41, 5.74) is 2.45. The highest BCUT2D eigenvalue weighted by Crippen LogP contribution is 2.24. The number of methoxy groups -OCH3 is 1. The summed E-state index contributed by atoms with van der Waals surface area (Å²) in [7, 11) is 4.82. The van der Waals surface area contributed by atoms with E-state index in [0.717, 1.165) is 23.3 Å². The predicted molar refractivity (Wildman–Crippen MR) is 168 cm³/mol. The number of carbonyl (C=O) groups excluding carboxylic acids is 3. The van der Waals surface area contributed by atoms with Crippen molar-refractivity contribution in [2.45, 2.75) is 19.3 Å². The van der Waals surface area contributed by atoms with E-state index in [-0.39, 0.29) is 23.3 Å². The quantitative estimate of drug-likeness (QED) is 0.0541. The molecule has 0 unspecified atom stereocenters. The van der Waals surface area contributed by atoms with Crippen molar-refractivity contribution in [1.82, 2.24) is 5.32 Å². The van der Waals surface area contributed by atoms with E-state index in [1.807, 2.05) is 60.7 Å². The Morgan fingerprint density at radius 3 is 1.93 bits per heavy atom. The minimum atomic E-state index is -0.838. The summed E-state index contributed by atoms with van der Waals surface area (Å²) in [5.74, 6) is 0.305. The third kappa shape index (κ3) is 11.3. The van der Waals surface area contributed by atoms with Crippen LogP contribution in [-0.2, 0) is 20.8 Å². The third-order valence-corrected chi connectivity index (χ3v) is 8.48. The van der Waals surface area contributed by atoms with E-state index in [1.54, 1.807) is 53.0 Å². The third-order valence-electron chi connectivity index (χ3n) is 5.99. The first kappa shape index (κ1) is 31.6. The number of benzene rings is 3. The van der Waals surface area contributed by atoms with Crippen molar-refractivity contribution in [1.29, 1.82) is 0 Å². The molecule has 8 nitrogen and oxygen atoms in total. The summed E-state index contributed by atoms with van der Waals surface area (Å²) in [5, 5.41) is 18.0. The van der Waals surface area contributed by atoms with E-state index in [4.69, 9.17) is 4.74 Å². The van der Waals surface area contributed by atoms with Crippen molar-refractivity contribution in [3.8, 4) is 5.75 Å². The smallest absolute Gasteiger partial charge is 0.250 e. The van der Waals surface area contributed by atoms with Crippen LogP contribution in [0.15, 0.2) is 96.8 Å². The van der Waals surface area contributed by atoms with Gasteiger partial charge in [0.25, 0.3) is 5.91 Å². The maximum atomic E-state index is 13.0. The molecule has 4 N–H and O–H groups in total. The van der Waals surface area contributed by atoms with E-state index in [9.17, 15) is 19.5 Å². The number of ether oxygens (including phenoxy) is 1. The van der Waals surface area contributed by atoms with Gasteiger partial charge in [0.2, 0.25) is 11.8 Å². The first-order chi connectivity index (χ1) is 20.0. The Bertz CT molecular complexity index is 1220. The van der Waals surface area contributed by atoms with Crippen molar-refractivity contribution in [3.05, 3.63) is 102 Å². The number of nitrogens with one attached hydrogen (secondary N) is 3. The number of hydrogen-bond acceptors (Lipinski definition) is 7. The zero-order valence-corrected chi connectivity index (χ0v) is 24.5. The molecule has 0 aliphatic carbocycles. The fourth-order valence-corrected chi connectivity index (χ4v) is 5.83. The highest BCUT2D eigenvalue weighted by atomic mass is 33.1. The number of carbonyl (C=O) groups is 3. The summed E-state index contributed by atoms with van der Waals surface area (Å²) >= 11 is 0. The zero-order valence-electron chi connectivity index (χ0n) is 22.9. The standard InChI is InChI=1S/C31H35N3O5S2/c1-39-27-16-14-23(15-17-27)21-24(22-35)29(36)32-18-20-41-40-19-8-13-28(30(37)33-25-9-4-2-5-10-25)31(38)34-26-11-6-3-7-12-26/h2-7,9-12,14-17,22,28,35H,8,13,18-21H2,1H3,(H,32,36)(H,33,37)(H,34,38)/b24-22+. The van der Waals surface area contributed by atoms with E-state index in [0.29, 0.717) is 42.9 Å². The fourth-order valence-electron chi connectivity index (χ4n) is 3.81. The highest BCUT2D eigenvalue weighted by Gasteiger charge is 2.26. The summed E-state index contributed by atoms with van der Waals surface area (Å²) in [6, 6.07) is 25.5. The molecule has 0 aliphatic rings. The number of anilines is 2. The van der Waals surface area contributed by atoms with Gasteiger partial charge in [0.1, 0.15) is 11.7 Å². The summed E-state index contributed by atoms with van der Waals surface area (Å²) < 4.78 is 5.14. The average Bonchev–Trinajstić information content (AvgIpc) is 3.00. The minimum Gasteiger partial charge on any atom is -0.515 e. The monoisotopic (exact) mass is 593 g/mol. The fraction of sp³-hybridized carbons (Fsp3) is 0.258. The van der Waals surface area contributed by atoms with Crippen LogP contribution < -0.4 is 20.7 Å². The molecule has 0 bridgehead atoms. The number of amides is 3. The van der Waals surface area contributed by atoms with Crippen LogP contribution in [0.3, 0.4) is 0 Å². The maximum Gasteiger partial charge on any atom is 0.250 e. The summed E-state index contributed by atoms with van der Waals surface area (Å²) in [4.78, 5) is 38.4. The van der Waals surface area contributed by atoms with Gasteiger partial charge in [-0.15, -0.1) is 0 Å². The largest absolute Gasteiger partial charge is 0.515 e. The molecule has 3 rings (SSSR count). The van der Waals surface area contributed by atoms with E-state index in [2.05, 4.69) is 16.0 Å². The number of para-hydroxylation sites is 2. The molecule has 0 radical (unpaired) electrons. The topological polar surface area (TPSA) is 117 Å². The molecule has 3 amide bonds. The Morgan fingerprint density at radius 1 is 0.829 bits per heavy atom. The lowest BCUT2D eigenvalue weighted by Gasteiger charge is -2.17. The van der Waals surface area contributed by atoms with Gasteiger partial charge >= 0.3 is 0 Å². The minimum absolute atomic E-state index is 0.279. The lowest BCUT2D eigenvalue weighted by molar-refractivity contribution is -0.129. The Morgan fingerprint density at radius 2 is 1.39 bits per heavy atom. The molecule has 0 fully saturated rings. The molecular weight excluding hydrogens is 558 g/mol. The Balaban J connectivity index is 1.38. The molecule has 0 spiro atoms. The SMILES string of the molecule is COc1ccc(C/C(=C\O)C(=O)NCCSSCCCC(C(=O)Nc2ccccc2)C(=O)Nc2ccccc2)cc1. The van der Waals surface area contributed by atoms with Gasteiger partial charge in [-0.25, -0.2) is 0 Å². The second-order valence-corrected chi connectivity index (χ2v) is 11.7. The molecule has 0 aliphatic heterocycles. The van der Waals surface area contributed by atoms with Crippen LogP contribution in [-0.4, -0.2) is 48.0 Å². The molecule has 0 atom stereocenters. The number of hydrogen-bond donors (Lipinski definition) is 4. The van der Waals surface area contributed by atoms with Crippen LogP contribution >= 0.6 is 21.6 Å². The van der Waals surface area contributed by atoms with Gasteiger partial charge in [-0.05, 0) is 54.8 Å². The molecule has 216 valence electrons. The van der Waals surface area contributed by atoms with E-state index in [1.165, 1.54) is 0 Å². The van der Waals surface area contributed by atoms with Gasteiger partial charge in [-0.1, -0.05) is 70.1 Å². The molecule has 0 aromatic heterocycles. The van der Waals surface area contributed by atoms with Crippen molar-refractivity contribution in [3.63, 3.8) is 0 Å². The average molecular weight is 594 g/mol. The highest BCUT2D eigenvalue weighted by molar-refractivity contribution is 8.76. The van der Waals surface area contributed by atoms with Crippen LogP contribution in [0.4, 0.5) is 11.4 Å². The Labute approximate surface area is 248 Å². The Hall–Kier alpha value is -3.89. The van der Waals surface area contributed by atoms with Gasteiger partial charge in [0.15, 0.2) is 0 Å². The molecule has 0 saturated heterocycles.